The fourth-order valence-electron chi connectivity index (χ4n) is 1.58. The molecule has 0 saturated carbocycles. The first-order valence-corrected chi connectivity index (χ1v) is 5.50. The van der Waals surface area contributed by atoms with Crippen molar-refractivity contribution in [3.63, 3.8) is 0 Å². The van der Waals surface area contributed by atoms with Crippen LogP contribution in [0.1, 0.15) is 11.1 Å². The minimum absolute atomic E-state index is 0.962. The molecule has 1 nitrogen and oxygen atoms in total. The van der Waals surface area contributed by atoms with Crippen LogP contribution < -0.4 is 5.32 Å². The molecule has 0 unspecified atom stereocenters. The van der Waals surface area contributed by atoms with E-state index in [0.29, 0.717) is 0 Å². The number of hydrogen-bond donors (Lipinski definition) is 1. The van der Waals surface area contributed by atoms with Crippen molar-refractivity contribution in [2.75, 3.05) is 13.6 Å². The van der Waals surface area contributed by atoms with Crippen LogP contribution in [-0.4, -0.2) is 13.6 Å². The lowest BCUT2D eigenvalue weighted by Gasteiger charge is -2.16. The van der Waals surface area contributed by atoms with Gasteiger partial charge in [-0.2, -0.15) is 0 Å². The van der Waals surface area contributed by atoms with Crippen LogP contribution in [0.5, 0.6) is 0 Å². The van der Waals surface area contributed by atoms with Crippen molar-refractivity contribution in [3.05, 3.63) is 40.8 Å². The third kappa shape index (κ3) is 1.79. The van der Waals surface area contributed by atoms with Gasteiger partial charge in [0.25, 0.3) is 0 Å². The molecule has 0 amide bonds. The monoisotopic (exact) mass is 191 g/mol. The van der Waals surface area contributed by atoms with Gasteiger partial charge >= 0.3 is 0 Å². The van der Waals surface area contributed by atoms with Crippen LogP contribution in [0.4, 0.5) is 0 Å². The largest absolute Gasteiger partial charge is 0.316 e. The minimum atomic E-state index is 0.962. The van der Waals surface area contributed by atoms with Gasteiger partial charge in [0.05, 0.1) is 0 Å². The lowest BCUT2D eigenvalue weighted by Crippen LogP contribution is -2.11. The van der Waals surface area contributed by atoms with E-state index in [0.717, 1.165) is 12.3 Å². The Morgan fingerprint density at radius 1 is 1.38 bits per heavy atom. The zero-order valence-corrected chi connectivity index (χ0v) is 8.53. The number of thioether (sulfide) groups is 1. The Morgan fingerprint density at radius 3 is 3.08 bits per heavy atom. The summed E-state index contributed by atoms with van der Waals surface area (Å²) in [6.07, 6.45) is 0. The predicted octanol–water partition coefficient (Wildman–Crippen LogP) is 2.49. The standard InChI is InChI=1S/C11H13NS/c1-12-6-10-8-13-7-9-4-2-3-5-11(9)10/h2-5,8,12H,6-7H2,1H3. The van der Waals surface area contributed by atoms with Gasteiger partial charge in [-0.25, -0.2) is 0 Å². The van der Waals surface area contributed by atoms with Crippen LogP contribution in [-0.2, 0) is 5.75 Å². The molecule has 0 bridgehead atoms. The normalized spacial score (nSPS) is 15.0. The fraction of sp³-hybridized carbons (Fsp3) is 0.273. The highest BCUT2D eigenvalue weighted by molar-refractivity contribution is 8.01. The highest BCUT2D eigenvalue weighted by Gasteiger charge is 2.10. The SMILES string of the molecule is CNCC1=CSCc2ccccc21. The molecule has 2 rings (SSSR count). The lowest BCUT2D eigenvalue weighted by molar-refractivity contribution is 0.930. The molecule has 0 radical (unpaired) electrons. The zero-order chi connectivity index (χ0) is 9.10. The second-order valence-electron chi connectivity index (χ2n) is 3.14. The van der Waals surface area contributed by atoms with E-state index < -0.39 is 0 Å². The van der Waals surface area contributed by atoms with Gasteiger partial charge in [-0.1, -0.05) is 24.3 Å². The summed E-state index contributed by atoms with van der Waals surface area (Å²) in [5.74, 6) is 1.11. The van der Waals surface area contributed by atoms with Gasteiger partial charge in [-0.05, 0) is 29.2 Å². The fourth-order valence-corrected chi connectivity index (χ4v) is 2.51. The summed E-state index contributed by atoms with van der Waals surface area (Å²) in [5, 5.41) is 5.46. The average Bonchev–Trinajstić information content (AvgIpc) is 2.19. The maximum absolute atomic E-state index is 3.20. The Balaban J connectivity index is 2.36. The third-order valence-corrected chi connectivity index (χ3v) is 3.12. The van der Waals surface area contributed by atoms with Crippen molar-refractivity contribution in [2.45, 2.75) is 5.75 Å². The molecule has 1 aromatic carbocycles. The van der Waals surface area contributed by atoms with Crippen molar-refractivity contribution >= 4 is 17.3 Å². The third-order valence-electron chi connectivity index (χ3n) is 2.19. The first-order valence-electron chi connectivity index (χ1n) is 4.45. The van der Waals surface area contributed by atoms with Crippen molar-refractivity contribution in [1.82, 2.24) is 5.32 Å². The summed E-state index contributed by atoms with van der Waals surface area (Å²) < 4.78 is 0. The van der Waals surface area contributed by atoms with E-state index in [1.807, 2.05) is 18.8 Å². The highest BCUT2D eigenvalue weighted by Crippen LogP contribution is 2.30. The molecule has 13 heavy (non-hydrogen) atoms. The molecule has 1 aliphatic heterocycles. The molecule has 2 heteroatoms. The maximum Gasteiger partial charge on any atom is 0.0232 e. The van der Waals surface area contributed by atoms with Crippen LogP contribution in [0.3, 0.4) is 0 Å². The second-order valence-corrected chi connectivity index (χ2v) is 4.00. The van der Waals surface area contributed by atoms with E-state index in [1.165, 1.54) is 16.7 Å². The predicted molar refractivity (Wildman–Crippen MR) is 59.6 cm³/mol. The van der Waals surface area contributed by atoms with Gasteiger partial charge in [0.1, 0.15) is 0 Å². The van der Waals surface area contributed by atoms with E-state index in [2.05, 4.69) is 35.0 Å². The number of nitrogens with one attached hydrogen (secondary N) is 1. The Hall–Kier alpha value is -0.730. The Bertz CT molecular complexity index is 331. The summed E-state index contributed by atoms with van der Waals surface area (Å²) in [6.45, 7) is 0.962. The molecule has 1 heterocycles. The molecule has 0 atom stereocenters. The van der Waals surface area contributed by atoms with Gasteiger partial charge in [0.2, 0.25) is 0 Å². The summed E-state index contributed by atoms with van der Waals surface area (Å²) in [4.78, 5) is 0. The first-order chi connectivity index (χ1) is 6.42. The van der Waals surface area contributed by atoms with Crippen LogP contribution in [0.2, 0.25) is 0 Å². The molecule has 1 aromatic rings. The quantitative estimate of drug-likeness (QED) is 0.771. The maximum atomic E-state index is 3.20. The Labute approximate surface area is 83.2 Å². The van der Waals surface area contributed by atoms with E-state index in [1.54, 1.807) is 0 Å². The molecule has 1 aliphatic rings. The summed E-state index contributed by atoms with van der Waals surface area (Å²) in [6, 6.07) is 8.64. The molecule has 0 spiro atoms. The number of hydrogen-bond acceptors (Lipinski definition) is 2. The molecule has 0 aliphatic carbocycles. The van der Waals surface area contributed by atoms with Crippen LogP contribution in [0.15, 0.2) is 29.7 Å². The summed E-state index contributed by atoms with van der Waals surface area (Å²) in [5.41, 5.74) is 4.28. The van der Waals surface area contributed by atoms with E-state index in [9.17, 15) is 0 Å². The number of fused-ring (bicyclic) bond motifs is 1. The summed E-state index contributed by atoms with van der Waals surface area (Å²) >= 11 is 1.88. The number of likely N-dealkylation sites (N-methyl/N-ethyl adjacent to an activating group) is 1. The zero-order valence-electron chi connectivity index (χ0n) is 7.71. The van der Waals surface area contributed by atoms with Crippen LogP contribution in [0, 0.1) is 0 Å². The first kappa shape index (κ1) is 8.85. The highest BCUT2D eigenvalue weighted by atomic mass is 32.2. The van der Waals surface area contributed by atoms with Crippen molar-refractivity contribution in [3.8, 4) is 0 Å². The number of benzene rings is 1. The summed E-state index contributed by atoms with van der Waals surface area (Å²) in [7, 11) is 1.99. The Kier molecular flexibility index (Phi) is 2.71. The molecule has 0 fully saturated rings. The van der Waals surface area contributed by atoms with E-state index in [-0.39, 0.29) is 0 Å². The molecule has 0 saturated heterocycles. The average molecular weight is 191 g/mol. The molecule has 68 valence electrons. The molecular weight excluding hydrogens is 178 g/mol. The Morgan fingerprint density at radius 2 is 2.23 bits per heavy atom. The van der Waals surface area contributed by atoms with Gasteiger partial charge < -0.3 is 5.32 Å². The number of rotatable bonds is 2. The van der Waals surface area contributed by atoms with Gasteiger partial charge in [0, 0.05) is 12.3 Å². The lowest BCUT2D eigenvalue weighted by atomic mass is 10.0. The smallest absolute Gasteiger partial charge is 0.0232 e. The van der Waals surface area contributed by atoms with Gasteiger partial charge in [-0.15, -0.1) is 11.8 Å². The van der Waals surface area contributed by atoms with E-state index in [4.69, 9.17) is 0 Å². The van der Waals surface area contributed by atoms with Crippen LogP contribution in [0.25, 0.3) is 5.57 Å². The van der Waals surface area contributed by atoms with E-state index >= 15 is 0 Å². The van der Waals surface area contributed by atoms with Crippen molar-refractivity contribution in [1.29, 1.82) is 0 Å². The second kappa shape index (κ2) is 3.99. The molecule has 0 aromatic heterocycles. The van der Waals surface area contributed by atoms with Crippen molar-refractivity contribution < 1.29 is 0 Å². The molecule has 1 N–H and O–H groups in total. The van der Waals surface area contributed by atoms with Gasteiger partial charge in [-0.3, -0.25) is 0 Å². The molecular formula is C11H13NS. The van der Waals surface area contributed by atoms with Gasteiger partial charge in [0.15, 0.2) is 0 Å². The van der Waals surface area contributed by atoms with Crippen molar-refractivity contribution in [2.24, 2.45) is 0 Å². The minimum Gasteiger partial charge on any atom is -0.316 e. The topological polar surface area (TPSA) is 12.0 Å². The van der Waals surface area contributed by atoms with Crippen LogP contribution >= 0.6 is 11.8 Å².